The summed E-state index contributed by atoms with van der Waals surface area (Å²) in [6, 6.07) is 11.6. The Morgan fingerprint density at radius 2 is 0.875 bits per heavy atom. The molecule has 4 aromatic carbocycles. The van der Waals surface area contributed by atoms with Crippen molar-refractivity contribution in [2.24, 2.45) is 0 Å². The molecule has 2 atom stereocenters. The molecule has 0 unspecified atom stereocenters. The molecule has 0 aromatic heterocycles. The van der Waals surface area contributed by atoms with E-state index >= 15 is 0 Å². The zero-order valence-electron chi connectivity index (χ0n) is 24.4. The fraction of sp³-hybridized carbons (Fsp3) is 0.375. The third-order valence-corrected chi connectivity index (χ3v) is 7.07. The first-order valence-corrected chi connectivity index (χ1v) is 13.1. The number of ether oxygens (including phenoxy) is 6. The number of benzene rings is 4. The number of hydrogen-bond acceptors (Lipinski definition) is 8. The lowest BCUT2D eigenvalue weighted by Crippen LogP contribution is -2.07. The Morgan fingerprint density at radius 1 is 0.525 bits per heavy atom. The molecule has 4 rings (SSSR count). The van der Waals surface area contributed by atoms with Crippen molar-refractivity contribution in [2.75, 3.05) is 42.7 Å². The van der Waals surface area contributed by atoms with Crippen LogP contribution in [0.2, 0.25) is 0 Å². The molecule has 0 fully saturated rings. The average molecular weight is 551 g/mol. The van der Waals surface area contributed by atoms with Crippen molar-refractivity contribution in [1.29, 1.82) is 0 Å². The lowest BCUT2D eigenvalue weighted by Gasteiger charge is -2.22. The number of aliphatic hydroxyl groups is 2. The van der Waals surface area contributed by atoms with Gasteiger partial charge < -0.3 is 38.6 Å². The molecule has 0 aliphatic heterocycles. The highest BCUT2D eigenvalue weighted by Crippen LogP contribution is 2.51. The molecule has 0 radical (unpaired) electrons. The van der Waals surface area contributed by atoms with E-state index in [0.29, 0.717) is 47.3 Å². The summed E-state index contributed by atoms with van der Waals surface area (Å²) < 4.78 is 35.3. The van der Waals surface area contributed by atoms with Crippen LogP contribution in [0, 0.1) is 0 Å². The van der Waals surface area contributed by atoms with Gasteiger partial charge >= 0.3 is 0 Å². The van der Waals surface area contributed by atoms with Crippen molar-refractivity contribution in [3.8, 4) is 45.6 Å². The molecule has 0 saturated heterocycles. The predicted octanol–water partition coefficient (Wildman–Crippen LogP) is 5.56. The van der Waals surface area contributed by atoms with Crippen molar-refractivity contribution in [2.45, 2.75) is 38.9 Å². The Hall–Kier alpha value is -3.88. The molecule has 8 nitrogen and oxygen atoms in total. The Morgan fingerprint density at radius 3 is 1.15 bits per heavy atom. The molecule has 0 aliphatic carbocycles. The number of rotatable bonds is 11. The van der Waals surface area contributed by atoms with Crippen LogP contribution in [-0.4, -0.2) is 65.1 Å². The van der Waals surface area contributed by atoms with E-state index in [4.69, 9.17) is 28.4 Å². The average Bonchev–Trinajstić information content (AvgIpc) is 2.94. The molecular weight excluding hydrogens is 512 g/mol. The first-order valence-electron chi connectivity index (χ1n) is 13.1. The summed E-state index contributed by atoms with van der Waals surface area (Å²) >= 11 is 0. The fourth-order valence-electron chi connectivity index (χ4n) is 5.56. The SMILES string of the molecule is COc1c(C[C@H](C)O)cc(OC)c2c(OC)c(-c3ccc4c(OC)c(C[C@H](C)O)cc(OC)c4c3OC)ccc12. The molecule has 214 valence electrons. The maximum Gasteiger partial charge on any atom is 0.138 e. The van der Waals surface area contributed by atoms with Gasteiger partial charge in [0.05, 0.1) is 65.6 Å². The standard InChI is InChI=1S/C32H38O8/c1-17(33)13-19-15-25(35-3)27-23(29(19)37-5)11-9-21(31(27)39-7)22-10-12-24-28(32(22)40-8)26(36-4)16-20(14-18(2)34)30(24)38-6/h9-12,15-18,33-34H,13-14H2,1-8H3/t17-,18-/m0/s1. The smallest absolute Gasteiger partial charge is 0.138 e. The molecule has 0 spiro atoms. The molecule has 4 aromatic rings. The molecule has 0 saturated carbocycles. The van der Waals surface area contributed by atoms with Crippen LogP contribution in [-0.2, 0) is 12.8 Å². The fourth-order valence-corrected chi connectivity index (χ4v) is 5.56. The maximum atomic E-state index is 10.1. The van der Waals surface area contributed by atoms with Gasteiger partial charge in [-0.25, -0.2) is 0 Å². The zero-order valence-corrected chi connectivity index (χ0v) is 24.4. The first-order chi connectivity index (χ1) is 19.2. The van der Waals surface area contributed by atoms with Gasteiger partial charge in [0, 0.05) is 45.9 Å². The summed E-state index contributed by atoms with van der Waals surface area (Å²) in [4.78, 5) is 0. The minimum Gasteiger partial charge on any atom is -0.496 e. The van der Waals surface area contributed by atoms with Gasteiger partial charge in [-0.2, -0.15) is 0 Å². The Kier molecular flexibility index (Phi) is 8.81. The van der Waals surface area contributed by atoms with Gasteiger partial charge in [0.15, 0.2) is 0 Å². The number of aliphatic hydroxyl groups excluding tert-OH is 2. The summed E-state index contributed by atoms with van der Waals surface area (Å²) in [5.41, 5.74) is 3.24. The van der Waals surface area contributed by atoms with Gasteiger partial charge in [-0.05, 0) is 50.2 Å². The molecule has 2 N–H and O–H groups in total. The lowest BCUT2D eigenvalue weighted by molar-refractivity contribution is 0.193. The third-order valence-electron chi connectivity index (χ3n) is 7.07. The monoisotopic (exact) mass is 550 g/mol. The van der Waals surface area contributed by atoms with Gasteiger partial charge in [-0.15, -0.1) is 0 Å². The summed E-state index contributed by atoms with van der Waals surface area (Å²) in [7, 11) is 9.69. The predicted molar refractivity (Wildman–Crippen MR) is 157 cm³/mol. The molecule has 8 heteroatoms. The normalized spacial score (nSPS) is 12.8. The highest BCUT2D eigenvalue weighted by atomic mass is 16.5. The van der Waals surface area contributed by atoms with E-state index in [1.807, 2.05) is 36.4 Å². The number of methoxy groups -OCH3 is 6. The van der Waals surface area contributed by atoms with Gasteiger partial charge in [-0.3, -0.25) is 0 Å². The van der Waals surface area contributed by atoms with E-state index in [1.165, 1.54) is 0 Å². The highest BCUT2D eigenvalue weighted by molar-refractivity contribution is 6.07. The van der Waals surface area contributed by atoms with Gasteiger partial charge in [-0.1, -0.05) is 0 Å². The van der Waals surface area contributed by atoms with Gasteiger partial charge in [0.1, 0.15) is 34.5 Å². The van der Waals surface area contributed by atoms with E-state index in [2.05, 4.69) is 0 Å². The molecule has 40 heavy (non-hydrogen) atoms. The van der Waals surface area contributed by atoms with E-state index in [0.717, 1.165) is 43.8 Å². The Balaban J connectivity index is 2.08. The topological polar surface area (TPSA) is 95.8 Å². The second-order valence-electron chi connectivity index (χ2n) is 9.79. The van der Waals surface area contributed by atoms with Crippen molar-refractivity contribution >= 4 is 21.5 Å². The van der Waals surface area contributed by atoms with Gasteiger partial charge in [0.25, 0.3) is 0 Å². The quantitative estimate of drug-likeness (QED) is 0.251. The Labute approximate surface area is 235 Å². The van der Waals surface area contributed by atoms with E-state index in [-0.39, 0.29) is 0 Å². The van der Waals surface area contributed by atoms with Crippen LogP contribution in [0.1, 0.15) is 25.0 Å². The second kappa shape index (κ2) is 12.1. The van der Waals surface area contributed by atoms with Crippen LogP contribution in [0.3, 0.4) is 0 Å². The minimum absolute atomic E-state index is 0.413. The summed E-state index contributed by atoms with van der Waals surface area (Å²) in [5.74, 6) is 3.70. The second-order valence-corrected chi connectivity index (χ2v) is 9.79. The largest absolute Gasteiger partial charge is 0.496 e. The summed E-state index contributed by atoms with van der Waals surface area (Å²) in [5, 5.41) is 23.2. The van der Waals surface area contributed by atoms with E-state index in [1.54, 1.807) is 56.5 Å². The van der Waals surface area contributed by atoms with Crippen LogP contribution in [0.4, 0.5) is 0 Å². The van der Waals surface area contributed by atoms with Crippen LogP contribution in [0.15, 0.2) is 36.4 Å². The lowest BCUT2D eigenvalue weighted by atomic mass is 9.92. The molecule has 0 bridgehead atoms. The van der Waals surface area contributed by atoms with Crippen LogP contribution >= 0.6 is 0 Å². The minimum atomic E-state index is -0.549. The third kappa shape index (κ3) is 5.05. The van der Waals surface area contributed by atoms with Crippen LogP contribution in [0.5, 0.6) is 34.5 Å². The molecule has 0 heterocycles. The van der Waals surface area contributed by atoms with Gasteiger partial charge in [0.2, 0.25) is 0 Å². The van der Waals surface area contributed by atoms with Crippen LogP contribution in [0.25, 0.3) is 32.7 Å². The maximum absolute atomic E-state index is 10.1. The van der Waals surface area contributed by atoms with Crippen molar-refractivity contribution in [3.63, 3.8) is 0 Å². The van der Waals surface area contributed by atoms with E-state index < -0.39 is 12.2 Å². The van der Waals surface area contributed by atoms with Crippen molar-refractivity contribution in [3.05, 3.63) is 47.5 Å². The van der Waals surface area contributed by atoms with Crippen LogP contribution < -0.4 is 28.4 Å². The summed E-state index contributed by atoms with van der Waals surface area (Å²) in [6.07, 6.45) is -0.271. The van der Waals surface area contributed by atoms with Crippen molar-refractivity contribution < 1.29 is 38.6 Å². The first kappa shape index (κ1) is 29.1. The Bertz CT molecular complexity index is 1410. The number of hydrogen-bond donors (Lipinski definition) is 2. The molecular formula is C32H38O8. The van der Waals surface area contributed by atoms with Crippen molar-refractivity contribution in [1.82, 2.24) is 0 Å². The number of fused-ring (bicyclic) bond motifs is 2. The highest BCUT2D eigenvalue weighted by Gasteiger charge is 2.25. The summed E-state index contributed by atoms with van der Waals surface area (Å²) in [6.45, 7) is 3.48. The van der Waals surface area contributed by atoms with E-state index in [9.17, 15) is 10.2 Å². The zero-order chi connectivity index (χ0) is 29.1. The molecule has 0 aliphatic rings. The molecule has 0 amide bonds.